The van der Waals surface area contributed by atoms with E-state index in [0.29, 0.717) is 19.6 Å². The summed E-state index contributed by atoms with van der Waals surface area (Å²) in [5, 5.41) is 2.93. The molecule has 2 heterocycles. The van der Waals surface area contributed by atoms with Crippen molar-refractivity contribution in [3.8, 4) is 0 Å². The van der Waals surface area contributed by atoms with Gasteiger partial charge in [0.15, 0.2) is 0 Å². The summed E-state index contributed by atoms with van der Waals surface area (Å²) < 4.78 is 29.8. The molecule has 1 N–H and O–H groups in total. The molecule has 7 nitrogen and oxygen atoms in total. The summed E-state index contributed by atoms with van der Waals surface area (Å²) in [7, 11) is -3.20. The van der Waals surface area contributed by atoms with Gasteiger partial charge in [0.2, 0.25) is 15.9 Å². The molecule has 0 saturated carbocycles. The summed E-state index contributed by atoms with van der Waals surface area (Å²) in [6.07, 6.45) is 2.70. The number of amides is 1. The largest absolute Gasteiger partial charge is 0.379 e. The van der Waals surface area contributed by atoms with E-state index in [4.69, 9.17) is 4.74 Å². The van der Waals surface area contributed by atoms with Crippen LogP contribution in [0.5, 0.6) is 0 Å². The van der Waals surface area contributed by atoms with Crippen LogP contribution in [0.3, 0.4) is 0 Å². The topological polar surface area (TPSA) is 79.0 Å². The third-order valence-electron chi connectivity index (χ3n) is 4.05. The van der Waals surface area contributed by atoms with E-state index in [0.717, 1.165) is 45.7 Å². The molecule has 0 aromatic carbocycles. The molecule has 0 aliphatic carbocycles. The van der Waals surface area contributed by atoms with E-state index in [1.165, 1.54) is 10.6 Å². The van der Waals surface area contributed by atoms with Crippen molar-refractivity contribution in [1.29, 1.82) is 0 Å². The molecular weight excluding hydrogens is 294 g/mol. The van der Waals surface area contributed by atoms with Crippen molar-refractivity contribution in [1.82, 2.24) is 14.5 Å². The normalized spacial score (nSPS) is 25.7. The van der Waals surface area contributed by atoms with Gasteiger partial charge < -0.3 is 10.1 Å². The average Bonchev–Trinajstić information content (AvgIpc) is 2.47. The highest BCUT2D eigenvalue weighted by molar-refractivity contribution is 7.88. The predicted molar refractivity (Wildman–Crippen MR) is 79.4 cm³/mol. The molecule has 2 rings (SSSR count). The van der Waals surface area contributed by atoms with Crippen molar-refractivity contribution in [2.75, 3.05) is 58.7 Å². The van der Waals surface area contributed by atoms with E-state index in [9.17, 15) is 13.2 Å². The van der Waals surface area contributed by atoms with Gasteiger partial charge in [-0.1, -0.05) is 0 Å². The van der Waals surface area contributed by atoms with Crippen LogP contribution in [0, 0.1) is 5.92 Å². The first kappa shape index (κ1) is 16.7. The lowest BCUT2D eigenvalue weighted by Gasteiger charge is -2.30. The maximum absolute atomic E-state index is 12.1. The van der Waals surface area contributed by atoms with Crippen LogP contribution in [0.4, 0.5) is 0 Å². The van der Waals surface area contributed by atoms with Crippen LogP contribution >= 0.6 is 0 Å². The first-order valence-corrected chi connectivity index (χ1v) is 9.34. The minimum atomic E-state index is -3.20. The predicted octanol–water partition coefficient (Wildman–Crippen LogP) is -0.894. The molecule has 0 spiro atoms. The number of carbonyl (C=O) groups excluding carboxylic acids is 1. The van der Waals surface area contributed by atoms with Crippen molar-refractivity contribution >= 4 is 15.9 Å². The Balaban J connectivity index is 1.72. The van der Waals surface area contributed by atoms with Crippen molar-refractivity contribution in [3.63, 3.8) is 0 Å². The highest BCUT2D eigenvalue weighted by Crippen LogP contribution is 2.18. The van der Waals surface area contributed by atoms with E-state index < -0.39 is 10.0 Å². The number of hydrogen-bond donors (Lipinski definition) is 1. The second-order valence-corrected chi connectivity index (χ2v) is 7.69. The molecule has 0 aromatic heterocycles. The van der Waals surface area contributed by atoms with Gasteiger partial charge in [-0.15, -0.1) is 0 Å². The van der Waals surface area contributed by atoms with Crippen molar-refractivity contribution < 1.29 is 17.9 Å². The van der Waals surface area contributed by atoms with Crippen LogP contribution in [0.2, 0.25) is 0 Å². The molecular formula is C13H25N3O4S. The van der Waals surface area contributed by atoms with Gasteiger partial charge in [-0.05, 0) is 12.8 Å². The van der Waals surface area contributed by atoms with Gasteiger partial charge >= 0.3 is 0 Å². The van der Waals surface area contributed by atoms with Crippen LogP contribution in [0.25, 0.3) is 0 Å². The Labute approximate surface area is 126 Å². The molecule has 122 valence electrons. The monoisotopic (exact) mass is 319 g/mol. The zero-order valence-corrected chi connectivity index (χ0v) is 13.4. The molecule has 8 heteroatoms. The second-order valence-electron chi connectivity index (χ2n) is 5.71. The molecule has 0 bridgehead atoms. The first-order chi connectivity index (χ1) is 9.97. The van der Waals surface area contributed by atoms with Gasteiger partial charge in [0.1, 0.15) is 0 Å². The maximum atomic E-state index is 12.1. The number of morpholine rings is 1. The standard InChI is InChI=1S/C13H25N3O4S/c1-21(18,19)16-5-2-3-12(11-16)13(17)14-4-6-15-7-9-20-10-8-15/h12H,2-11H2,1H3,(H,14,17)/t12-/m1/s1. The number of piperidine rings is 1. The van der Waals surface area contributed by atoms with Crippen LogP contribution < -0.4 is 5.32 Å². The minimum Gasteiger partial charge on any atom is -0.379 e. The third kappa shape index (κ3) is 5.21. The first-order valence-electron chi connectivity index (χ1n) is 7.50. The zero-order chi connectivity index (χ0) is 15.3. The Bertz CT molecular complexity index is 448. The van der Waals surface area contributed by atoms with Crippen LogP contribution in [-0.2, 0) is 19.6 Å². The lowest BCUT2D eigenvalue weighted by molar-refractivity contribution is -0.126. The molecule has 2 aliphatic rings. The smallest absolute Gasteiger partial charge is 0.224 e. The Morgan fingerprint density at radius 2 is 2.00 bits per heavy atom. The van der Waals surface area contributed by atoms with Gasteiger partial charge in [0.25, 0.3) is 0 Å². The van der Waals surface area contributed by atoms with Crippen LogP contribution in [-0.4, -0.2) is 82.3 Å². The highest BCUT2D eigenvalue weighted by atomic mass is 32.2. The van der Waals surface area contributed by atoms with Crippen LogP contribution in [0.15, 0.2) is 0 Å². The second kappa shape index (κ2) is 7.53. The van der Waals surface area contributed by atoms with E-state index in [1.807, 2.05) is 0 Å². The molecule has 0 unspecified atom stereocenters. The molecule has 2 fully saturated rings. The van der Waals surface area contributed by atoms with E-state index in [2.05, 4.69) is 10.2 Å². The maximum Gasteiger partial charge on any atom is 0.224 e. The number of ether oxygens (including phenoxy) is 1. The number of sulfonamides is 1. The summed E-state index contributed by atoms with van der Waals surface area (Å²) in [4.78, 5) is 14.4. The number of nitrogens with one attached hydrogen (secondary N) is 1. The summed E-state index contributed by atoms with van der Waals surface area (Å²) in [6, 6.07) is 0. The Kier molecular flexibility index (Phi) is 5.98. The summed E-state index contributed by atoms with van der Waals surface area (Å²) >= 11 is 0. The van der Waals surface area contributed by atoms with Gasteiger partial charge in [-0.25, -0.2) is 12.7 Å². The Morgan fingerprint density at radius 3 is 2.67 bits per heavy atom. The zero-order valence-electron chi connectivity index (χ0n) is 12.6. The summed E-state index contributed by atoms with van der Waals surface area (Å²) in [5.41, 5.74) is 0. The molecule has 21 heavy (non-hydrogen) atoms. The minimum absolute atomic E-state index is 0.0309. The lowest BCUT2D eigenvalue weighted by atomic mass is 9.99. The molecule has 0 aromatic rings. The van der Waals surface area contributed by atoms with E-state index in [-0.39, 0.29) is 11.8 Å². The fourth-order valence-electron chi connectivity index (χ4n) is 2.76. The number of rotatable bonds is 5. The fourth-order valence-corrected chi connectivity index (χ4v) is 3.68. The molecule has 2 aliphatic heterocycles. The molecule has 2 saturated heterocycles. The third-order valence-corrected chi connectivity index (χ3v) is 5.32. The van der Waals surface area contributed by atoms with Gasteiger partial charge in [-0.2, -0.15) is 0 Å². The number of nitrogens with zero attached hydrogens (tertiary/aromatic N) is 2. The van der Waals surface area contributed by atoms with Gasteiger partial charge in [-0.3, -0.25) is 9.69 Å². The quantitative estimate of drug-likeness (QED) is 0.711. The molecule has 0 radical (unpaired) electrons. The van der Waals surface area contributed by atoms with Crippen LogP contribution in [0.1, 0.15) is 12.8 Å². The van der Waals surface area contributed by atoms with Crippen molar-refractivity contribution in [2.24, 2.45) is 5.92 Å². The number of hydrogen-bond acceptors (Lipinski definition) is 5. The van der Waals surface area contributed by atoms with Crippen molar-refractivity contribution in [3.05, 3.63) is 0 Å². The van der Waals surface area contributed by atoms with E-state index >= 15 is 0 Å². The highest BCUT2D eigenvalue weighted by Gasteiger charge is 2.29. The summed E-state index contributed by atoms with van der Waals surface area (Å²) in [6.45, 7) is 5.56. The molecule has 1 atom stereocenters. The Morgan fingerprint density at radius 1 is 1.29 bits per heavy atom. The molecule has 1 amide bonds. The lowest BCUT2D eigenvalue weighted by Crippen LogP contribution is -2.47. The van der Waals surface area contributed by atoms with Gasteiger partial charge in [0.05, 0.1) is 25.4 Å². The summed E-state index contributed by atoms with van der Waals surface area (Å²) in [5.74, 6) is -0.255. The van der Waals surface area contributed by atoms with Gasteiger partial charge in [0, 0.05) is 39.3 Å². The SMILES string of the molecule is CS(=O)(=O)N1CCC[C@@H](C(=O)NCCN2CCOCC2)C1. The van der Waals surface area contributed by atoms with Crippen molar-refractivity contribution in [2.45, 2.75) is 12.8 Å². The average molecular weight is 319 g/mol. The fraction of sp³-hybridized carbons (Fsp3) is 0.923. The van der Waals surface area contributed by atoms with E-state index in [1.54, 1.807) is 0 Å². The number of carbonyl (C=O) groups is 1. The Hall–Kier alpha value is -0.700.